The number of carbonyl (C=O) groups excluding carboxylic acids is 2. The van der Waals surface area contributed by atoms with Crippen LogP contribution in [0.4, 0.5) is 0 Å². The molecular weight excluding hydrogens is 320 g/mol. The van der Waals surface area contributed by atoms with Gasteiger partial charge in [0.1, 0.15) is 0 Å². The van der Waals surface area contributed by atoms with Crippen molar-refractivity contribution in [2.24, 2.45) is 17.3 Å². The Hall–Kier alpha value is -1.66. The van der Waals surface area contributed by atoms with E-state index in [0.717, 1.165) is 0 Å². The lowest BCUT2D eigenvalue weighted by Gasteiger charge is -2.26. The summed E-state index contributed by atoms with van der Waals surface area (Å²) < 4.78 is 11.5. The molecule has 0 heterocycles. The van der Waals surface area contributed by atoms with Gasteiger partial charge in [0.2, 0.25) is 11.8 Å². The summed E-state index contributed by atoms with van der Waals surface area (Å²) in [5.41, 5.74) is -0.103. The summed E-state index contributed by atoms with van der Waals surface area (Å²) in [6.07, 6.45) is 2.52. The number of hydrogen-bond donors (Lipinski definition) is 2. The zero-order valence-electron chi connectivity index (χ0n) is 16.1. The highest BCUT2D eigenvalue weighted by Crippen LogP contribution is 2.17. The first-order valence-electron chi connectivity index (χ1n) is 8.66. The molecule has 6 heteroatoms. The van der Waals surface area contributed by atoms with E-state index in [1.165, 1.54) is 12.2 Å². The van der Waals surface area contributed by atoms with Crippen molar-refractivity contribution < 1.29 is 19.1 Å². The molecule has 0 spiro atoms. The van der Waals surface area contributed by atoms with E-state index in [1.54, 1.807) is 0 Å². The number of hydrogen-bond acceptors (Lipinski definition) is 4. The van der Waals surface area contributed by atoms with E-state index >= 15 is 0 Å². The van der Waals surface area contributed by atoms with Gasteiger partial charge in [-0.3, -0.25) is 9.59 Å². The summed E-state index contributed by atoms with van der Waals surface area (Å²) in [5, 5.41) is 5.51. The highest BCUT2D eigenvalue weighted by molar-refractivity contribution is 5.87. The Morgan fingerprint density at radius 1 is 0.920 bits per heavy atom. The summed E-state index contributed by atoms with van der Waals surface area (Å²) in [4.78, 5) is 22.2. The second-order valence-electron chi connectivity index (χ2n) is 7.30. The quantitative estimate of drug-likeness (QED) is 0.467. The molecule has 2 amide bonds. The Morgan fingerprint density at radius 3 is 1.60 bits per heavy atom. The number of carbonyl (C=O) groups is 2. The van der Waals surface area contributed by atoms with E-state index in [1.807, 2.05) is 13.8 Å². The molecule has 0 aliphatic heterocycles. The molecule has 25 heavy (non-hydrogen) atoms. The minimum Gasteiger partial charge on any atom is -0.380 e. The van der Waals surface area contributed by atoms with Crippen molar-refractivity contribution in [3.05, 3.63) is 25.3 Å². The van der Waals surface area contributed by atoms with Gasteiger partial charge in [0.25, 0.3) is 0 Å². The molecule has 0 bridgehead atoms. The normalized spacial score (nSPS) is 13.6. The van der Waals surface area contributed by atoms with Gasteiger partial charge in [-0.2, -0.15) is 0 Å². The number of nitrogens with one attached hydrogen (secondary N) is 2. The van der Waals surface area contributed by atoms with Crippen molar-refractivity contribution in [3.8, 4) is 0 Å². The lowest BCUT2D eigenvalue weighted by atomic mass is 9.96. The molecule has 0 radical (unpaired) electrons. The van der Waals surface area contributed by atoms with Crippen LogP contribution in [0.15, 0.2) is 25.3 Å². The standard InChI is InChI=1S/C19H34N2O4/c1-7-17(22)20-9-15(3)11-24-13-19(5,6)14-25-12-16(4)10-21-18(23)8-2/h7-8,15-16H,1-2,9-14H2,3-6H3,(H,20,22)(H,21,23). The van der Waals surface area contributed by atoms with Gasteiger partial charge in [0, 0.05) is 18.5 Å². The fourth-order valence-corrected chi connectivity index (χ4v) is 1.93. The smallest absolute Gasteiger partial charge is 0.243 e. The number of rotatable bonds is 14. The van der Waals surface area contributed by atoms with Crippen LogP contribution in [0.25, 0.3) is 0 Å². The monoisotopic (exact) mass is 354 g/mol. The zero-order valence-corrected chi connectivity index (χ0v) is 16.1. The summed E-state index contributed by atoms with van der Waals surface area (Å²) in [7, 11) is 0. The maximum absolute atomic E-state index is 11.1. The second kappa shape index (κ2) is 12.7. The van der Waals surface area contributed by atoms with Crippen molar-refractivity contribution in [1.82, 2.24) is 10.6 Å². The molecular formula is C19H34N2O4. The summed E-state index contributed by atoms with van der Waals surface area (Å²) in [6, 6.07) is 0. The fraction of sp³-hybridized carbons (Fsp3) is 0.684. The molecule has 0 rings (SSSR count). The van der Waals surface area contributed by atoms with Gasteiger partial charge in [0.15, 0.2) is 0 Å². The van der Waals surface area contributed by atoms with Gasteiger partial charge >= 0.3 is 0 Å². The maximum Gasteiger partial charge on any atom is 0.243 e. The molecule has 0 saturated carbocycles. The van der Waals surface area contributed by atoms with Crippen LogP contribution in [0.5, 0.6) is 0 Å². The van der Waals surface area contributed by atoms with Gasteiger partial charge in [-0.05, 0) is 24.0 Å². The van der Waals surface area contributed by atoms with E-state index in [9.17, 15) is 9.59 Å². The first-order valence-corrected chi connectivity index (χ1v) is 8.66. The topological polar surface area (TPSA) is 76.7 Å². The van der Waals surface area contributed by atoms with Gasteiger partial charge in [-0.15, -0.1) is 0 Å². The predicted octanol–water partition coefficient (Wildman–Crippen LogP) is 1.92. The van der Waals surface area contributed by atoms with E-state index in [4.69, 9.17) is 9.47 Å². The van der Waals surface area contributed by atoms with Crippen LogP contribution in [0, 0.1) is 17.3 Å². The SMILES string of the molecule is C=CC(=O)NCC(C)COCC(C)(C)COCC(C)CNC(=O)C=C. The lowest BCUT2D eigenvalue weighted by Crippen LogP contribution is -2.32. The number of amides is 2. The Morgan fingerprint density at radius 2 is 1.28 bits per heavy atom. The van der Waals surface area contributed by atoms with E-state index in [2.05, 4.69) is 37.6 Å². The molecule has 0 aromatic heterocycles. The Labute approximate surface area is 152 Å². The largest absolute Gasteiger partial charge is 0.380 e. The molecule has 2 atom stereocenters. The van der Waals surface area contributed by atoms with Gasteiger partial charge in [-0.25, -0.2) is 0 Å². The third-order valence-corrected chi connectivity index (χ3v) is 3.41. The molecule has 0 aliphatic carbocycles. The fourth-order valence-electron chi connectivity index (χ4n) is 1.93. The van der Waals surface area contributed by atoms with Crippen LogP contribution >= 0.6 is 0 Å². The van der Waals surface area contributed by atoms with Gasteiger partial charge < -0.3 is 20.1 Å². The van der Waals surface area contributed by atoms with Crippen molar-refractivity contribution in [2.75, 3.05) is 39.5 Å². The molecule has 6 nitrogen and oxygen atoms in total. The molecule has 0 aliphatic rings. The minimum absolute atomic E-state index is 0.103. The molecule has 0 aromatic carbocycles. The molecule has 2 N–H and O–H groups in total. The van der Waals surface area contributed by atoms with Crippen molar-refractivity contribution in [2.45, 2.75) is 27.7 Å². The van der Waals surface area contributed by atoms with Gasteiger partial charge in [-0.1, -0.05) is 40.9 Å². The molecule has 2 unspecified atom stereocenters. The third kappa shape index (κ3) is 13.3. The van der Waals surface area contributed by atoms with E-state index in [-0.39, 0.29) is 29.1 Å². The van der Waals surface area contributed by atoms with Crippen LogP contribution < -0.4 is 10.6 Å². The van der Waals surface area contributed by atoms with E-state index in [0.29, 0.717) is 39.5 Å². The zero-order chi connectivity index (χ0) is 19.3. The lowest BCUT2D eigenvalue weighted by molar-refractivity contribution is -0.117. The van der Waals surface area contributed by atoms with Crippen LogP contribution in [0.1, 0.15) is 27.7 Å². The summed E-state index contributed by atoms with van der Waals surface area (Å²) in [6.45, 7) is 18.5. The maximum atomic E-state index is 11.1. The first kappa shape index (κ1) is 23.3. The van der Waals surface area contributed by atoms with Crippen LogP contribution in [0.3, 0.4) is 0 Å². The molecule has 0 aromatic rings. The summed E-state index contributed by atoms with van der Waals surface area (Å²) in [5.74, 6) is 0.126. The van der Waals surface area contributed by atoms with E-state index < -0.39 is 0 Å². The highest BCUT2D eigenvalue weighted by atomic mass is 16.5. The van der Waals surface area contributed by atoms with Crippen molar-refractivity contribution >= 4 is 11.8 Å². The molecule has 144 valence electrons. The van der Waals surface area contributed by atoms with Crippen LogP contribution in [-0.2, 0) is 19.1 Å². The minimum atomic E-state index is -0.168. The summed E-state index contributed by atoms with van der Waals surface area (Å²) >= 11 is 0. The van der Waals surface area contributed by atoms with Crippen LogP contribution in [0.2, 0.25) is 0 Å². The second-order valence-corrected chi connectivity index (χ2v) is 7.30. The third-order valence-electron chi connectivity index (χ3n) is 3.41. The Balaban J connectivity index is 3.85. The van der Waals surface area contributed by atoms with Crippen molar-refractivity contribution in [3.63, 3.8) is 0 Å². The Kier molecular flexibility index (Phi) is 11.8. The average molecular weight is 354 g/mol. The average Bonchev–Trinajstić information content (AvgIpc) is 2.56. The number of ether oxygens (including phenoxy) is 2. The van der Waals surface area contributed by atoms with Gasteiger partial charge in [0.05, 0.1) is 26.4 Å². The first-order chi connectivity index (χ1) is 11.7. The van der Waals surface area contributed by atoms with Crippen LogP contribution in [-0.4, -0.2) is 51.3 Å². The predicted molar refractivity (Wildman–Crippen MR) is 100 cm³/mol. The molecule has 0 saturated heterocycles. The van der Waals surface area contributed by atoms with Crippen molar-refractivity contribution in [1.29, 1.82) is 0 Å². The Bertz CT molecular complexity index is 397. The molecule has 0 fully saturated rings. The highest BCUT2D eigenvalue weighted by Gasteiger charge is 2.20.